The molecule has 26 heavy (non-hydrogen) atoms. The van der Waals surface area contributed by atoms with Gasteiger partial charge in [-0.3, -0.25) is 0 Å². The van der Waals surface area contributed by atoms with Gasteiger partial charge in [-0.05, 0) is 32.8 Å². The second kappa shape index (κ2) is 8.52. The molecule has 0 radical (unpaired) electrons. The third-order valence-electron chi connectivity index (χ3n) is 4.85. The summed E-state index contributed by atoms with van der Waals surface area (Å²) in [6, 6.07) is 9.65. The first-order valence-electron chi connectivity index (χ1n) is 9.10. The highest BCUT2D eigenvalue weighted by Gasteiger charge is 2.44. The van der Waals surface area contributed by atoms with Gasteiger partial charge in [-0.15, -0.1) is 0 Å². The highest BCUT2D eigenvalue weighted by atomic mass is 16.8. The summed E-state index contributed by atoms with van der Waals surface area (Å²) in [7, 11) is 0. The molecule has 1 heterocycles. The summed E-state index contributed by atoms with van der Waals surface area (Å²) >= 11 is 0. The predicted molar refractivity (Wildman–Crippen MR) is 96.7 cm³/mol. The molecule has 4 atom stereocenters. The van der Waals surface area contributed by atoms with Gasteiger partial charge in [0.05, 0.1) is 11.8 Å². The van der Waals surface area contributed by atoms with Crippen molar-refractivity contribution in [2.45, 2.75) is 46.4 Å². The first-order valence-corrected chi connectivity index (χ1v) is 9.10. The van der Waals surface area contributed by atoms with Gasteiger partial charge in [-0.25, -0.2) is 4.79 Å². The van der Waals surface area contributed by atoms with E-state index < -0.39 is 6.29 Å². The second-order valence-electron chi connectivity index (χ2n) is 6.61. The Balaban J connectivity index is 1.67. The lowest BCUT2D eigenvalue weighted by Crippen LogP contribution is -2.38. The van der Waals surface area contributed by atoms with E-state index in [4.69, 9.17) is 18.9 Å². The molecule has 2 aliphatic rings. The van der Waals surface area contributed by atoms with Crippen molar-refractivity contribution in [1.82, 2.24) is 0 Å². The van der Waals surface area contributed by atoms with Gasteiger partial charge in [-0.2, -0.15) is 0 Å². The zero-order valence-corrected chi connectivity index (χ0v) is 15.5. The summed E-state index contributed by atoms with van der Waals surface area (Å²) in [5.74, 6) is -0.309. The van der Waals surface area contributed by atoms with Gasteiger partial charge in [-0.1, -0.05) is 42.0 Å². The van der Waals surface area contributed by atoms with E-state index >= 15 is 0 Å². The van der Waals surface area contributed by atoms with Gasteiger partial charge in [0.15, 0.2) is 6.29 Å². The monoisotopic (exact) mass is 358 g/mol. The maximum Gasteiger partial charge on any atom is 0.337 e. The van der Waals surface area contributed by atoms with Gasteiger partial charge < -0.3 is 18.9 Å². The first kappa shape index (κ1) is 18.7. The molecule has 0 saturated heterocycles. The van der Waals surface area contributed by atoms with Crippen LogP contribution in [-0.4, -0.2) is 25.2 Å². The summed E-state index contributed by atoms with van der Waals surface area (Å²) in [6.07, 6.45) is 3.62. The number of rotatable bonds is 7. The number of hydrogen-bond acceptors (Lipinski definition) is 5. The van der Waals surface area contributed by atoms with Gasteiger partial charge in [0, 0.05) is 18.4 Å². The molecule has 1 aliphatic heterocycles. The molecule has 3 rings (SSSR count). The predicted octanol–water partition coefficient (Wildman–Crippen LogP) is 3.95. The smallest absolute Gasteiger partial charge is 0.337 e. The van der Waals surface area contributed by atoms with Crippen molar-refractivity contribution in [2.75, 3.05) is 6.61 Å². The molecule has 0 amide bonds. The largest absolute Gasteiger partial charge is 0.471 e. The molecule has 1 aromatic carbocycles. The Morgan fingerprint density at radius 1 is 1.31 bits per heavy atom. The van der Waals surface area contributed by atoms with Crippen LogP contribution < -0.4 is 0 Å². The maximum absolute atomic E-state index is 12.6. The zero-order chi connectivity index (χ0) is 18.5. The molecule has 0 fully saturated rings. The van der Waals surface area contributed by atoms with Crippen LogP contribution in [0.15, 0.2) is 53.8 Å². The Bertz CT molecular complexity index is 679. The van der Waals surface area contributed by atoms with E-state index in [-0.39, 0.29) is 30.7 Å². The Labute approximate surface area is 154 Å². The molecule has 0 aromatic heterocycles. The highest BCUT2D eigenvalue weighted by Crippen LogP contribution is 2.43. The average Bonchev–Trinajstić information content (AvgIpc) is 3.03. The number of hydrogen-bond donors (Lipinski definition) is 0. The van der Waals surface area contributed by atoms with Crippen LogP contribution in [0.1, 0.15) is 32.8 Å². The lowest BCUT2D eigenvalue weighted by atomic mass is 9.84. The minimum Gasteiger partial charge on any atom is -0.471 e. The van der Waals surface area contributed by atoms with Crippen molar-refractivity contribution in [3.8, 4) is 0 Å². The fourth-order valence-electron chi connectivity index (χ4n) is 3.54. The Kier molecular flexibility index (Phi) is 6.12. The van der Waals surface area contributed by atoms with Crippen molar-refractivity contribution in [2.24, 2.45) is 11.8 Å². The fourth-order valence-corrected chi connectivity index (χ4v) is 3.54. The lowest BCUT2D eigenvalue weighted by molar-refractivity contribution is -0.242. The standard InChI is InChI=1S/C21H26O5/c1-4-23-15(3)26-21-19-14(2)10-11-17(19)18(13-25-21)20(22)24-12-16-8-6-5-7-9-16/h5-10,13,15,17,19,21H,4,11-12H2,1-3H3/t15?,17-,19+,21+/m1/s1. The molecule has 1 aromatic rings. The first-order chi connectivity index (χ1) is 12.6. The molecule has 0 N–H and O–H groups in total. The van der Waals surface area contributed by atoms with E-state index in [0.29, 0.717) is 12.2 Å². The molecule has 5 nitrogen and oxygen atoms in total. The van der Waals surface area contributed by atoms with Crippen LogP contribution in [-0.2, 0) is 30.3 Å². The Hall–Kier alpha value is -2.11. The normalized spacial score (nSPS) is 25.6. The van der Waals surface area contributed by atoms with E-state index in [1.807, 2.05) is 51.1 Å². The third-order valence-corrected chi connectivity index (χ3v) is 4.85. The molecule has 1 unspecified atom stereocenters. The van der Waals surface area contributed by atoms with Crippen LogP contribution in [0.3, 0.4) is 0 Å². The summed E-state index contributed by atoms with van der Waals surface area (Å²) in [5, 5.41) is 0. The van der Waals surface area contributed by atoms with Crippen LogP contribution in [0.4, 0.5) is 0 Å². The lowest BCUT2D eigenvalue weighted by Gasteiger charge is -2.35. The molecule has 0 saturated carbocycles. The molecular weight excluding hydrogens is 332 g/mol. The maximum atomic E-state index is 12.6. The van der Waals surface area contributed by atoms with Crippen molar-refractivity contribution >= 4 is 5.97 Å². The van der Waals surface area contributed by atoms with E-state index in [9.17, 15) is 4.79 Å². The van der Waals surface area contributed by atoms with Crippen LogP contribution in [0.25, 0.3) is 0 Å². The van der Waals surface area contributed by atoms with Crippen molar-refractivity contribution in [3.63, 3.8) is 0 Å². The van der Waals surface area contributed by atoms with E-state index in [1.165, 1.54) is 11.8 Å². The number of allylic oxidation sites excluding steroid dienone is 1. The third kappa shape index (κ3) is 4.17. The summed E-state index contributed by atoms with van der Waals surface area (Å²) < 4.78 is 22.6. The number of fused-ring (bicyclic) bond motifs is 1. The van der Waals surface area contributed by atoms with Gasteiger partial charge >= 0.3 is 5.97 Å². The summed E-state index contributed by atoms with van der Waals surface area (Å²) in [6.45, 7) is 6.65. The quantitative estimate of drug-likeness (QED) is 0.420. The van der Waals surface area contributed by atoms with Crippen LogP contribution >= 0.6 is 0 Å². The van der Waals surface area contributed by atoms with Crippen molar-refractivity contribution in [1.29, 1.82) is 0 Å². The summed E-state index contributed by atoms with van der Waals surface area (Å²) in [5.41, 5.74) is 2.70. The second-order valence-corrected chi connectivity index (χ2v) is 6.61. The number of carbonyl (C=O) groups is 1. The number of benzene rings is 1. The van der Waals surface area contributed by atoms with Crippen LogP contribution in [0.2, 0.25) is 0 Å². The van der Waals surface area contributed by atoms with Gasteiger partial charge in [0.25, 0.3) is 0 Å². The average molecular weight is 358 g/mol. The van der Waals surface area contributed by atoms with Crippen LogP contribution in [0, 0.1) is 11.8 Å². The Morgan fingerprint density at radius 2 is 2.08 bits per heavy atom. The van der Waals surface area contributed by atoms with Gasteiger partial charge in [0.1, 0.15) is 6.61 Å². The number of carbonyl (C=O) groups excluding carboxylic acids is 1. The van der Waals surface area contributed by atoms with E-state index in [0.717, 1.165) is 12.0 Å². The fraction of sp³-hybridized carbons (Fsp3) is 0.476. The van der Waals surface area contributed by atoms with Crippen LogP contribution in [0.5, 0.6) is 0 Å². The zero-order valence-electron chi connectivity index (χ0n) is 15.5. The number of esters is 1. The minimum absolute atomic E-state index is 0.00202. The van der Waals surface area contributed by atoms with Gasteiger partial charge in [0.2, 0.25) is 6.29 Å². The van der Waals surface area contributed by atoms with E-state index in [1.54, 1.807) is 0 Å². The topological polar surface area (TPSA) is 54.0 Å². The van der Waals surface area contributed by atoms with Crippen molar-refractivity contribution < 1.29 is 23.7 Å². The minimum atomic E-state index is -0.453. The molecule has 5 heteroatoms. The molecular formula is C21H26O5. The Morgan fingerprint density at radius 3 is 2.81 bits per heavy atom. The molecule has 1 aliphatic carbocycles. The van der Waals surface area contributed by atoms with E-state index in [2.05, 4.69) is 6.08 Å². The SMILES string of the molecule is CCOC(C)O[C@@H]1OC=C(C(=O)OCc2ccccc2)[C@H]2CC=C(C)[C@H]12. The number of ether oxygens (including phenoxy) is 4. The molecule has 140 valence electrons. The van der Waals surface area contributed by atoms with Crippen molar-refractivity contribution in [3.05, 3.63) is 59.4 Å². The molecule has 0 spiro atoms. The summed E-state index contributed by atoms with van der Waals surface area (Å²) in [4.78, 5) is 12.6. The molecule has 0 bridgehead atoms. The highest BCUT2D eigenvalue weighted by molar-refractivity contribution is 5.89.